The van der Waals surface area contributed by atoms with Crippen LogP contribution in [-0.4, -0.2) is 18.0 Å². The largest absolute Gasteiger partial charge is 0.497 e. The molecule has 0 aliphatic rings. The van der Waals surface area contributed by atoms with Gasteiger partial charge in [0.2, 0.25) is 0 Å². The minimum absolute atomic E-state index is 0.0466. The van der Waals surface area contributed by atoms with Crippen molar-refractivity contribution in [3.8, 4) is 5.75 Å². The molecular weight excluding hydrogens is 296 g/mol. The van der Waals surface area contributed by atoms with Crippen molar-refractivity contribution in [2.24, 2.45) is 0 Å². The van der Waals surface area contributed by atoms with Crippen LogP contribution in [0.4, 0.5) is 5.69 Å². The quantitative estimate of drug-likeness (QED) is 0.654. The third-order valence-corrected chi connectivity index (χ3v) is 3.38. The van der Waals surface area contributed by atoms with E-state index in [1.54, 1.807) is 26.2 Å². The number of rotatable bonds is 5. The number of carbonyl (C=O) groups is 1. The van der Waals surface area contributed by atoms with Crippen LogP contribution >= 0.6 is 12.2 Å². The van der Waals surface area contributed by atoms with E-state index in [1.807, 2.05) is 36.4 Å². The lowest BCUT2D eigenvalue weighted by Crippen LogP contribution is -2.27. The van der Waals surface area contributed by atoms with Gasteiger partial charge in [-0.25, -0.2) is 0 Å². The molecule has 0 aromatic heterocycles. The van der Waals surface area contributed by atoms with Crippen LogP contribution in [0.2, 0.25) is 0 Å². The Labute approximate surface area is 135 Å². The summed E-state index contributed by atoms with van der Waals surface area (Å²) < 4.78 is 5.18. The first-order chi connectivity index (χ1) is 10.6. The standard InChI is InChI=1S/C17H18N2O2S/c1-12(20)14-6-8-15(9-7-14)19-17(22)18-11-13-4-3-5-16(10-13)21-2/h3-10H,11H2,1-2H3,(H2,18,19,22). The van der Waals surface area contributed by atoms with Gasteiger partial charge in [0.25, 0.3) is 0 Å². The average molecular weight is 314 g/mol. The molecule has 0 fully saturated rings. The van der Waals surface area contributed by atoms with Crippen molar-refractivity contribution in [3.63, 3.8) is 0 Å². The van der Waals surface area contributed by atoms with E-state index in [-0.39, 0.29) is 5.78 Å². The fourth-order valence-corrected chi connectivity index (χ4v) is 2.12. The Bertz CT molecular complexity index is 669. The van der Waals surface area contributed by atoms with E-state index in [2.05, 4.69) is 10.6 Å². The number of anilines is 1. The smallest absolute Gasteiger partial charge is 0.171 e. The topological polar surface area (TPSA) is 50.4 Å². The van der Waals surface area contributed by atoms with Crippen LogP contribution in [0.5, 0.6) is 5.75 Å². The maximum Gasteiger partial charge on any atom is 0.171 e. The lowest BCUT2D eigenvalue weighted by atomic mass is 10.1. The molecule has 0 radical (unpaired) electrons. The third-order valence-electron chi connectivity index (χ3n) is 3.14. The van der Waals surface area contributed by atoms with Crippen LogP contribution in [0.3, 0.4) is 0 Å². The van der Waals surface area contributed by atoms with Crippen molar-refractivity contribution in [2.75, 3.05) is 12.4 Å². The van der Waals surface area contributed by atoms with E-state index in [0.717, 1.165) is 17.0 Å². The second-order valence-electron chi connectivity index (χ2n) is 4.79. The molecule has 2 aromatic carbocycles. The van der Waals surface area contributed by atoms with Crippen molar-refractivity contribution in [1.82, 2.24) is 5.32 Å². The summed E-state index contributed by atoms with van der Waals surface area (Å²) in [6.45, 7) is 2.15. The molecule has 0 atom stereocenters. The molecule has 0 aliphatic carbocycles. The first-order valence-corrected chi connectivity index (χ1v) is 7.28. The van der Waals surface area contributed by atoms with Crippen molar-refractivity contribution in [2.45, 2.75) is 13.5 Å². The highest BCUT2D eigenvalue weighted by atomic mass is 32.1. The van der Waals surface area contributed by atoms with E-state index in [4.69, 9.17) is 17.0 Å². The van der Waals surface area contributed by atoms with Crippen molar-refractivity contribution in [1.29, 1.82) is 0 Å². The van der Waals surface area contributed by atoms with Crippen LogP contribution in [0.25, 0.3) is 0 Å². The van der Waals surface area contributed by atoms with E-state index < -0.39 is 0 Å². The fourth-order valence-electron chi connectivity index (χ4n) is 1.93. The Morgan fingerprint density at radius 1 is 1.18 bits per heavy atom. The SMILES string of the molecule is COc1cccc(CNC(=S)Nc2ccc(C(C)=O)cc2)c1. The highest BCUT2D eigenvalue weighted by molar-refractivity contribution is 7.80. The molecule has 114 valence electrons. The molecule has 4 nitrogen and oxygen atoms in total. The number of carbonyl (C=O) groups excluding carboxylic acids is 1. The zero-order valence-corrected chi connectivity index (χ0v) is 13.4. The van der Waals surface area contributed by atoms with Gasteiger partial charge in [-0.1, -0.05) is 12.1 Å². The van der Waals surface area contributed by atoms with Gasteiger partial charge in [-0.3, -0.25) is 4.79 Å². The summed E-state index contributed by atoms with van der Waals surface area (Å²) in [6.07, 6.45) is 0. The predicted molar refractivity (Wildman–Crippen MR) is 92.5 cm³/mol. The summed E-state index contributed by atoms with van der Waals surface area (Å²) in [4.78, 5) is 11.2. The van der Waals surface area contributed by atoms with Gasteiger partial charge < -0.3 is 15.4 Å². The molecule has 0 bridgehead atoms. The molecule has 2 aromatic rings. The molecule has 0 spiro atoms. The van der Waals surface area contributed by atoms with Gasteiger partial charge in [0.15, 0.2) is 10.9 Å². The number of Topliss-reactive ketones (excluding diaryl/α,β-unsaturated/α-hetero) is 1. The van der Waals surface area contributed by atoms with E-state index in [9.17, 15) is 4.79 Å². The maximum absolute atomic E-state index is 11.2. The monoisotopic (exact) mass is 314 g/mol. The number of methoxy groups -OCH3 is 1. The Balaban J connectivity index is 1.88. The van der Waals surface area contributed by atoms with E-state index in [1.165, 1.54) is 0 Å². The summed E-state index contributed by atoms with van der Waals surface area (Å²) in [5.41, 5.74) is 2.60. The maximum atomic E-state index is 11.2. The van der Waals surface area contributed by atoms with Gasteiger partial charge in [0.1, 0.15) is 5.75 Å². The number of hydrogen-bond acceptors (Lipinski definition) is 3. The average Bonchev–Trinajstić information content (AvgIpc) is 2.53. The molecule has 2 rings (SSSR count). The molecule has 0 amide bonds. The molecule has 5 heteroatoms. The van der Waals surface area contributed by atoms with E-state index >= 15 is 0 Å². The first-order valence-electron chi connectivity index (χ1n) is 6.87. The molecule has 2 N–H and O–H groups in total. The second kappa shape index (κ2) is 7.56. The number of thiocarbonyl (C=S) groups is 1. The number of nitrogens with one attached hydrogen (secondary N) is 2. The molecule has 0 unspecified atom stereocenters. The Hall–Kier alpha value is -2.40. The second-order valence-corrected chi connectivity index (χ2v) is 5.20. The number of benzene rings is 2. The summed E-state index contributed by atoms with van der Waals surface area (Å²) in [6, 6.07) is 15.0. The molecule has 0 saturated heterocycles. The lowest BCUT2D eigenvalue weighted by Gasteiger charge is -2.11. The third kappa shape index (κ3) is 4.56. The molecule has 0 aliphatic heterocycles. The first kappa shape index (κ1) is 16.0. The van der Waals surface area contributed by atoms with Gasteiger partial charge in [-0.05, 0) is 61.1 Å². The minimum atomic E-state index is 0.0466. The van der Waals surface area contributed by atoms with Crippen LogP contribution in [0.1, 0.15) is 22.8 Å². The van der Waals surface area contributed by atoms with Crippen LogP contribution < -0.4 is 15.4 Å². The van der Waals surface area contributed by atoms with Gasteiger partial charge in [-0.15, -0.1) is 0 Å². The Morgan fingerprint density at radius 3 is 2.55 bits per heavy atom. The van der Waals surface area contributed by atoms with Gasteiger partial charge in [-0.2, -0.15) is 0 Å². The van der Waals surface area contributed by atoms with Crippen LogP contribution in [0, 0.1) is 0 Å². The van der Waals surface area contributed by atoms with Crippen LogP contribution in [0.15, 0.2) is 48.5 Å². The number of hydrogen-bond donors (Lipinski definition) is 2. The van der Waals surface area contributed by atoms with Crippen molar-refractivity contribution in [3.05, 3.63) is 59.7 Å². The molecule has 0 saturated carbocycles. The Morgan fingerprint density at radius 2 is 1.91 bits per heavy atom. The summed E-state index contributed by atoms with van der Waals surface area (Å²) in [5, 5.41) is 6.74. The zero-order valence-electron chi connectivity index (χ0n) is 12.6. The fraction of sp³-hybridized carbons (Fsp3) is 0.176. The van der Waals surface area contributed by atoms with Gasteiger partial charge >= 0.3 is 0 Å². The molecule has 0 heterocycles. The zero-order chi connectivity index (χ0) is 15.9. The normalized spacial score (nSPS) is 9.91. The molecule has 22 heavy (non-hydrogen) atoms. The molecular formula is C17H18N2O2S. The lowest BCUT2D eigenvalue weighted by molar-refractivity contribution is 0.101. The van der Waals surface area contributed by atoms with Crippen LogP contribution in [-0.2, 0) is 6.54 Å². The van der Waals surface area contributed by atoms with E-state index in [0.29, 0.717) is 17.2 Å². The summed E-state index contributed by atoms with van der Waals surface area (Å²) >= 11 is 5.26. The summed E-state index contributed by atoms with van der Waals surface area (Å²) in [7, 11) is 1.64. The predicted octanol–water partition coefficient (Wildman–Crippen LogP) is 3.38. The number of ketones is 1. The highest BCUT2D eigenvalue weighted by Gasteiger charge is 2.01. The van der Waals surface area contributed by atoms with Gasteiger partial charge in [0.05, 0.1) is 7.11 Å². The van der Waals surface area contributed by atoms with Crippen molar-refractivity contribution >= 4 is 28.8 Å². The minimum Gasteiger partial charge on any atom is -0.497 e. The van der Waals surface area contributed by atoms with Gasteiger partial charge in [0, 0.05) is 17.8 Å². The number of ether oxygens (including phenoxy) is 1. The Kier molecular flexibility index (Phi) is 5.49. The highest BCUT2D eigenvalue weighted by Crippen LogP contribution is 2.13. The summed E-state index contributed by atoms with van der Waals surface area (Å²) in [5.74, 6) is 0.864. The van der Waals surface area contributed by atoms with Crippen molar-refractivity contribution < 1.29 is 9.53 Å².